The lowest BCUT2D eigenvalue weighted by atomic mass is 10.2. The number of halogens is 1. The van der Waals surface area contributed by atoms with Crippen molar-refractivity contribution in [3.63, 3.8) is 0 Å². The van der Waals surface area contributed by atoms with Gasteiger partial charge in [0.05, 0.1) is 10.6 Å². The molecule has 1 amide bonds. The van der Waals surface area contributed by atoms with E-state index in [4.69, 9.17) is 11.6 Å². The van der Waals surface area contributed by atoms with E-state index < -0.39 is 0 Å². The van der Waals surface area contributed by atoms with Crippen LogP contribution in [-0.4, -0.2) is 28.4 Å². The highest BCUT2D eigenvalue weighted by Crippen LogP contribution is 2.18. The summed E-state index contributed by atoms with van der Waals surface area (Å²) in [6, 6.07) is 1.87. The number of nitrogens with zero attached hydrogens (tertiary/aromatic N) is 2. The number of aryl methyl sites for hydroxylation is 1. The van der Waals surface area contributed by atoms with Gasteiger partial charge in [-0.2, -0.15) is 0 Å². The van der Waals surface area contributed by atoms with Gasteiger partial charge >= 0.3 is 0 Å². The predicted molar refractivity (Wildman–Crippen MR) is 65.8 cm³/mol. The number of hydrogen-bond donors (Lipinski definition) is 0. The van der Waals surface area contributed by atoms with Crippen molar-refractivity contribution >= 4 is 17.5 Å². The van der Waals surface area contributed by atoms with Crippen LogP contribution in [0, 0.1) is 6.92 Å². The van der Waals surface area contributed by atoms with E-state index >= 15 is 0 Å². The molecule has 0 radical (unpaired) electrons. The Morgan fingerprint density at radius 1 is 1.56 bits per heavy atom. The predicted octanol–water partition coefficient (Wildman–Crippen LogP) is 2.91. The summed E-state index contributed by atoms with van der Waals surface area (Å²) in [4.78, 5) is 18.0. The normalized spacial score (nSPS) is 10.6. The van der Waals surface area contributed by atoms with Gasteiger partial charge in [0.25, 0.3) is 5.91 Å². The minimum Gasteiger partial charge on any atom is -0.336 e. The Bertz CT molecular complexity index is 391. The van der Waals surface area contributed by atoms with E-state index in [9.17, 15) is 4.79 Å². The lowest BCUT2D eigenvalue weighted by Gasteiger charge is -2.25. The third kappa shape index (κ3) is 2.73. The van der Waals surface area contributed by atoms with Crippen molar-refractivity contribution in [2.75, 3.05) is 6.54 Å². The van der Waals surface area contributed by atoms with Gasteiger partial charge in [-0.3, -0.25) is 9.78 Å². The highest BCUT2D eigenvalue weighted by Gasteiger charge is 2.19. The molecule has 0 aliphatic rings. The van der Waals surface area contributed by atoms with Crippen LogP contribution in [0.15, 0.2) is 12.3 Å². The van der Waals surface area contributed by atoms with Crippen LogP contribution in [0.2, 0.25) is 5.02 Å². The number of pyridine rings is 1. The summed E-state index contributed by atoms with van der Waals surface area (Å²) in [5.41, 5.74) is 1.29. The van der Waals surface area contributed by atoms with Gasteiger partial charge in [0.1, 0.15) is 0 Å². The van der Waals surface area contributed by atoms with E-state index in [1.165, 1.54) is 0 Å². The minimum atomic E-state index is -0.0602. The van der Waals surface area contributed by atoms with E-state index in [0.717, 1.165) is 5.69 Å². The van der Waals surface area contributed by atoms with Gasteiger partial charge in [0.2, 0.25) is 0 Å². The quantitative estimate of drug-likeness (QED) is 0.814. The third-order valence-corrected chi connectivity index (χ3v) is 2.76. The number of carbonyl (C=O) groups excluding carboxylic acids is 1. The lowest BCUT2D eigenvalue weighted by Crippen LogP contribution is -2.36. The number of carbonyl (C=O) groups is 1. The van der Waals surface area contributed by atoms with Crippen molar-refractivity contribution in [3.8, 4) is 0 Å². The molecule has 0 aliphatic carbocycles. The van der Waals surface area contributed by atoms with Crippen LogP contribution in [-0.2, 0) is 0 Å². The zero-order valence-corrected chi connectivity index (χ0v) is 10.9. The maximum Gasteiger partial charge on any atom is 0.257 e. The van der Waals surface area contributed by atoms with Crippen molar-refractivity contribution in [3.05, 3.63) is 28.5 Å². The van der Waals surface area contributed by atoms with Gasteiger partial charge in [0, 0.05) is 24.5 Å². The van der Waals surface area contributed by atoms with Gasteiger partial charge in [0.15, 0.2) is 0 Å². The first kappa shape index (κ1) is 13.0. The molecule has 0 aromatic carbocycles. The summed E-state index contributed by atoms with van der Waals surface area (Å²) in [5.74, 6) is -0.0602. The third-order valence-electron chi connectivity index (χ3n) is 2.45. The average molecular weight is 241 g/mol. The molecule has 1 rings (SSSR count). The molecule has 0 atom stereocenters. The molecule has 0 fully saturated rings. The fourth-order valence-corrected chi connectivity index (χ4v) is 1.87. The summed E-state index contributed by atoms with van der Waals surface area (Å²) < 4.78 is 0. The molecule has 0 N–H and O–H groups in total. The Labute approximate surface area is 101 Å². The van der Waals surface area contributed by atoms with Crippen LogP contribution >= 0.6 is 11.6 Å². The van der Waals surface area contributed by atoms with Crippen molar-refractivity contribution < 1.29 is 4.79 Å². The first-order valence-electron chi connectivity index (χ1n) is 5.40. The average Bonchev–Trinajstić information content (AvgIpc) is 2.17. The number of hydrogen-bond acceptors (Lipinski definition) is 2. The minimum absolute atomic E-state index is 0.0602. The van der Waals surface area contributed by atoms with Crippen molar-refractivity contribution in [1.82, 2.24) is 9.88 Å². The Morgan fingerprint density at radius 3 is 2.62 bits per heavy atom. The molecule has 0 saturated carbocycles. The van der Waals surface area contributed by atoms with E-state index in [0.29, 0.717) is 17.1 Å². The van der Waals surface area contributed by atoms with Crippen LogP contribution in [0.3, 0.4) is 0 Å². The van der Waals surface area contributed by atoms with E-state index in [-0.39, 0.29) is 11.9 Å². The molecule has 1 heterocycles. The highest BCUT2D eigenvalue weighted by atomic mass is 35.5. The molecular formula is C12H17ClN2O. The molecule has 16 heavy (non-hydrogen) atoms. The van der Waals surface area contributed by atoms with Gasteiger partial charge < -0.3 is 4.90 Å². The molecule has 0 bridgehead atoms. The van der Waals surface area contributed by atoms with E-state index in [2.05, 4.69) is 4.98 Å². The van der Waals surface area contributed by atoms with Crippen LogP contribution in [0.5, 0.6) is 0 Å². The molecular weight excluding hydrogens is 224 g/mol. The monoisotopic (exact) mass is 240 g/mol. The maximum atomic E-state index is 12.2. The molecule has 1 aromatic heterocycles. The van der Waals surface area contributed by atoms with Crippen molar-refractivity contribution in [1.29, 1.82) is 0 Å². The van der Waals surface area contributed by atoms with Gasteiger partial charge in [-0.1, -0.05) is 11.6 Å². The largest absolute Gasteiger partial charge is 0.336 e. The maximum absolute atomic E-state index is 12.2. The highest BCUT2D eigenvalue weighted by molar-refractivity contribution is 6.33. The number of rotatable bonds is 3. The molecule has 0 saturated heterocycles. The zero-order valence-electron chi connectivity index (χ0n) is 10.1. The molecule has 0 spiro atoms. The standard InChI is InChI=1S/C12H17ClN2O/c1-5-15(8(2)3)12(16)10-7-14-9(4)6-11(10)13/h6-8H,5H2,1-4H3. The second-order valence-corrected chi connectivity index (χ2v) is 4.40. The number of amides is 1. The lowest BCUT2D eigenvalue weighted by molar-refractivity contribution is 0.0716. The van der Waals surface area contributed by atoms with Crippen molar-refractivity contribution in [2.24, 2.45) is 0 Å². The Kier molecular flexibility index (Phi) is 4.30. The van der Waals surface area contributed by atoms with E-state index in [1.54, 1.807) is 17.2 Å². The van der Waals surface area contributed by atoms with Gasteiger partial charge in [-0.05, 0) is 33.8 Å². The second-order valence-electron chi connectivity index (χ2n) is 3.99. The van der Waals surface area contributed by atoms with Crippen molar-refractivity contribution in [2.45, 2.75) is 33.7 Å². The van der Waals surface area contributed by atoms with E-state index in [1.807, 2.05) is 27.7 Å². The Hall–Kier alpha value is -1.09. The van der Waals surface area contributed by atoms with Crippen LogP contribution in [0.25, 0.3) is 0 Å². The van der Waals surface area contributed by atoms with Crippen LogP contribution in [0.1, 0.15) is 36.8 Å². The summed E-state index contributed by atoms with van der Waals surface area (Å²) in [5, 5.41) is 0.469. The Balaban J connectivity index is 3.04. The molecule has 3 nitrogen and oxygen atoms in total. The fourth-order valence-electron chi connectivity index (χ4n) is 1.58. The number of aromatic nitrogens is 1. The summed E-state index contributed by atoms with van der Waals surface area (Å²) >= 11 is 6.04. The summed E-state index contributed by atoms with van der Waals surface area (Å²) in [6.45, 7) is 8.43. The topological polar surface area (TPSA) is 33.2 Å². The summed E-state index contributed by atoms with van der Waals surface area (Å²) in [6.07, 6.45) is 1.55. The molecule has 0 unspecified atom stereocenters. The molecule has 4 heteroatoms. The molecule has 0 aliphatic heterocycles. The first-order chi connectivity index (χ1) is 7.47. The SMILES string of the molecule is CCN(C(=O)c1cnc(C)cc1Cl)C(C)C. The fraction of sp³-hybridized carbons (Fsp3) is 0.500. The van der Waals surface area contributed by atoms with Gasteiger partial charge in [-0.25, -0.2) is 0 Å². The summed E-state index contributed by atoms with van der Waals surface area (Å²) in [7, 11) is 0. The second kappa shape index (κ2) is 5.30. The van der Waals surface area contributed by atoms with Gasteiger partial charge in [-0.15, -0.1) is 0 Å². The Morgan fingerprint density at radius 2 is 2.19 bits per heavy atom. The smallest absolute Gasteiger partial charge is 0.257 e. The molecule has 88 valence electrons. The zero-order chi connectivity index (χ0) is 12.3. The van der Waals surface area contributed by atoms with Crippen LogP contribution in [0.4, 0.5) is 0 Å². The first-order valence-corrected chi connectivity index (χ1v) is 5.78. The van der Waals surface area contributed by atoms with Crippen LogP contribution < -0.4 is 0 Å². The molecule has 1 aromatic rings.